The lowest BCUT2D eigenvalue weighted by atomic mass is 9.81. The molecule has 33 heavy (non-hydrogen) atoms. The topological polar surface area (TPSA) is 80.8 Å². The number of sulfone groups is 1. The van der Waals surface area contributed by atoms with E-state index >= 15 is 4.39 Å². The summed E-state index contributed by atoms with van der Waals surface area (Å²) in [6.45, 7) is 1.21. The third-order valence-electron chi connectivity index (χ3n) is 6.21. The van der Waals surface area contributed by atoms with Crippen LogP contribution in [0.25, 0.3) is 0 Å². The van der Waals surface area contributed by atoms with Crippen LogP contribution in [0.1, 0.15) is 25.3 Å². The number of sulfonamides is 1. The Morgan fingerprint density at radius 2 is 1.79 bits per heavy atom. The minimum Gasteiger partial charge on any atom is -0.488 e. The minimum atomic E-state index is -4.20. The number of ether oxygens (including phenoxy) is 1. The molecule has 0 saturated carbocycles. The first-order valence-electron chi connectivity index (χ1n) is 10.3. The van der Waals surface area contributed by atoms with Gasteiger partial charge in [-0.05, 0) is 56.2 Å². The van der Waals surface area contributed by atoms with Crippen LogP contribution >= 0.6 is 11.6 Å². The lowest BCUT2D eigenvalue weighted by molar-refractivity contribution is 0.0985. The van der Waals surface area contributed by atoms with Crippen molar-refractivity contribution in [3.05, 3.63) is 70.8 Å². The fourth-order valence-electron chi connectivity index (χ4n) is 4.71. The molecule has 2 atom stereocenters. The van der Waals surface area contributed by atoms with Crippen molar-refractivity contribution < 1.29 is 30.4 Å². The zero-order chi connectivity index (χ0) is 24.0. The second-order valence-corrected chi connectivity index (χ2v) is 12.6. The first-order valence-corrected chi connectivity index (χ1v) is 13.8. The van der Waals surface area contributed by atoms with E-state index in [1.807, 2.05) is 0 Å². The molecule has 0 unspecified atom stereocenters. The van der Waals surface area contributed by atoms with Gasteiger partial charge in [-0.2, -0.15) is 4.31 Å². The predicted octanol–water partition coefficient (Wildman–Crippen LogP) is 4.05. The molecule has 4 rings (SSSR count). The van der Waals surface area contributed by atoms with Gasteiger partial charge in [-0.1, -0.05) is 23.8 Å². The van der Waals surface area contributed by atoms with Crippen molar-refractivity contribution in [2.24, 2.45) is 0 Å². The van der Waals surface area contributed by atoms with Crippen molar-refractivity contribution in [3.63, 3.8) is 0 Å². The molecule has 2 aromatic rings. The summed E-state index contributed by atoms with van der Waals surface area (Å²) >= 11 is 5.89. The molecule has 6 nitrogen and oxygen atoms in total. The van der Waals surface area contributed by atoms with Crippen molar-refractivity contribution >= 4 is 31.5 Å². The highest BCUT2D eigenvalue weighted by Gasteiger charge is 2.61. The van der Waals surface area contributed by atoms with Gasteiger partial charge in [0.25, 0.3) is 0 Å². The molecule has 0 bridgehead atoms. The van der Waals surface area contributed by atoms with Crippen molar-refractivity contribution in [2.45, 2.75) is 35.4 Å². The first kappa shape index (κ1) is 24.1. The van der Waals surface area contributed by atoms with Gasteiger partial charge >= 0.3 is 0 Å². The zero-order valence-corrected chi connectivity index (χ0v) is 20.1. The Bertz CT molecular complexity index is 1310. The molecule has 1 saturated heterocycles. The second kappa shape index (κ2) is 8.65. The Labute approximate surface area is 196 Å². The molecule has 178 valence electrons. The molecule has 0 radical (unpaired) electrons. The third kappa shape index (κ3) is 3.77. The molecule has 2 heterocycles. The van der Waals surface area contributed by atoms with E-state index in [-0.39, 0.29) is 24.3 Å². The quantitative estimate of drug-likeness (QED) is 0.559. The molecule has 2 aromatic carbocycles. The minimum absolute atomic E-state index is 0.00609. The van der Waals surface area contributed by atoms with Crippen LogP contribution < -0.4 is 4.74 Å². The SMILES string of the molecule is C/C=C\CS(=O)(=O)[C@]12CCCN(S(=O)(=O)c3ccc(Cl)cc3)[C@H]1COc1c(F)ccc(F)c12. The molecule has 0 aliphatic carbocycles. The molecule has 0 aromatic heterocycles. The molecule has 2 aliphatic heterocycles. The van der Waals surface area contributed by atoms with Crippen LogP contribution in [-0.2, 0) is 24.6 Å². The summed E-state index contributed by atoms with van der Waals surface area (Å²) in [5.74, 6) is -2.79. The fraction of sp³-hybridized carbons (Fsp3) is 0.364. The zero-order valence-electron chi connectivity index (χ0n) is 17.7. The van der Waals surface area contributed by atoms with Crippen LogP contribution in [0.5, 0.6) is 5.75 Å². The van der Waals surface area contributed by atoms with Gasteiger partial charge in [0.1, 0.15) is 17.2 Å². The highest BCUT2D eigenvalue weighted by Crippen LogP contribution is 2.53. The van der Waals surface area contributed by atoms with Gasteiger partial charge in [-0.25, -0.2) is 25.6 Å². The summed E-state index contributed by atoms with van der Waals surface area (Å²) in [5, 5.41) is 0.336. The first-order chi connectivity index (χ1) is 15.6. The van der Waals surface area contributed by atoms with Gasteiger partial charge in [0.2, 0.25) is 10.0 Å². The van der Waals surface area contributed by atoms with Crippen LogP contribution in [0.2, 0.25) is 5.02 Å². The maximum Gasteiger partial charge on any atom is 0.243 e. The largest absolute Gasteiger partial charge is 0.488 e. The van der Waals surface area contributed by atoms with E-state index in [0.717, 1.165) is 16.4 Å². The number of nitrogens with zero attached hydrogens (tertiary/aromatic N) is 1. The van der Waals surface area contributed by atoms with E-state index in [4.69, 9.17) is 16.3 Å². The van der Waals surface area contributed by atoms with E-state index in [0.29, 0.717) is 5.02 Å². The average Bonchev–Trinajstić information content (AvgIpc) is 2.79. The van der Waals surface area contributed by atoms with Crippen LogP contribution in [0.4, 0.5) is 8.78 Å². The van der Waals surface area contributed by atoms with E-state index in [1.165, 1.54) is 36.4 Å². The van der Waals surface area contributed by atoms with Crippen LogP contribution in [0, 0.1) is 11.6 Å². The molecular weight excluding hydrogens is 496 g/mol. The van der Waals surface area contributed by atoms with E-state index in [2.05, 4.69) is 0 Å². The van der Waals surface area contributed by atoms with E-state index < -0.39 is 66.0 Å². The van der Waals surface area contributed by atoms with E-state index in [1.54, 1.807) is 6.92 Å². The molecule has 0 N–H and O–H groups in total. The maximum atomic E-state index is 15.2. The smallest absolute Gasteiger partial charge is 0.243 e. The number of hydrogen-bond donors (Lipinski definition) is 0. The molecular formula is C22H22ClF2NO5S2. The molecule has 1 fully saturated rings. The number of halogens is 3. The van der Waals surface area contributed by atoms with Gasteiger partial charge < -0.3 is 4.74 Å². The average molecular weight is 518 g/mol. The Balaban J connectivity index is 1.96. The van der Waals surface area contributed by atoms with Crippen molar-refractivity contribution in [2.75, 3.05) is 18.9 Å². The molecule has 11 heteroatoms. The van der Waals surface area contributed by atoms with Crippen molar-refractivity contribution in [3.8, 4) is 5.75 Å². The standard InChI is InChI=1S/C22H22ClF2NO5S2/c1-2-3-13-32(27,28)22-11-4-12-26(33(29,30)16-7-5-15(23)6-8-16)19(22)14-31-21-18(25)10-9-17(24)20(21)22/h2-3,5-10,19H,4,11-14H2,1H3/b3-2-/t19-,22+/m0/s1. The summed E-state index contributed by atoms with van der Waals surface area (Å²) in [5.41, 5.74) is -0.445. The Morgan fingerprint density at radius 3 is 2.45 bits per heavy atom. The van der Waals surface area contributed by atoms with Crippen LogP contribution in [0.3, 0.4) is 0 Å². The number of piperidine rings is 1. The van der Waals surface area contributed by atoms with Gasteiger partial charge in [0.15, 0.2) is 21.4 Å². The summed E-state index contributed by atoms with van der Waals surface area (Å²) in [4.78, 5) is -0.0842. The van der Waals surface area contributed by atoms with E-state index in [9.17, 15) is 21.2 Å². The van der Waals surface area contributed by atoms with Gasteiger partial charge in [0, 0.05) is 11.6 Å². The van der Waals surface area contributed by atoms with Crippen molar-refractivity contribution in [1.82, 2.24) is 4.31 Å². The van der Waals surface area contributed by atoms with Crippen molar-refractivity contribution in [1.29, 1.82) is 0 Å². The van der Waals surface area contributed by atoms with Gasteiger partial charge in [-0.15, -0.1) is 0 Å². The highest BCUT2D eigenvalue weighted by molar-refractivity contribution is 7.92. The second-order valence-electron chi connectivity index (χ2n) is 7.97. The number of hydrogen-bond acceptors (Lipinski definition) is 5. The number of rotatable bonds is 5. The fourth-order valence-corrected chi connectivity index (χ4v) is 8.91. The number of benzene rings is 2. The lowest BCUT2D eigenvalue weighted by Gasteiger charge is -2.51. The lowest BCUT2D eigenvalue weighted by Crippen LogP contribution is -2.64. The Hall–Kier alpha value is -2.01. The molecule has 2 aliphatic rings. The van der Waals surface area contributed by atoms with Gasteiger partial charge in [0.05, 0.1) is 22.3 Å². The monoisotopic (exact) mass is 517 g/mol. The maximum absolute atomic E-state index is 15.2. The summed E-state index contributed by atoms with van der Waals surface area (Å²) < 4.78 is 88.9. The summed E-state index contributed by atoms with van der Waals surface area (Å²) in [7, 11) is -8.40. The van der Waals surface area contributed by atoms with Crippen LogP contribution in [0.15, 0.2) is 53.4 Å². The molecule has 0 spiro atoms. The normalized spacial score (nSPS) is 23.7. The predicted molar refractivity (Wildman–Crippen MR) is 120 cm³/mol. The number of allylic oxidation sites excluding steroid dienone is 1. The molecule has 0 amide bonds. The Kier molecular flexibility index (Phi) is 6.32. The summed E-state index contributed by atoms with van der Waals surface area (Å²) in [6.07, 6.45) is 3.01. The third-order valence-corrected chi connectivity index (χ3v) is 10.8. The highest BCUT2D eigenvalue weighted by atomic mass is 35.5. The van der Waals surface area contributed by atoms with Gasteiger partial charge in [-0.3, -0.25) is 0 Å². The summed E-state index contributed by atoms with van der Waals surface area (Å²) in [6, 6.07) is 5.89. The van der Waals surface area contributed by atoms with Crippen LogP contribution in [-0.4, -0.2) is 46.1 Å². The Morgan fingerprint density at radius 1 is 1.12 bits per heavy atom. The number of fused-ring (bicyclic) bond motifs is 3.